The third-order valence-electron chi connectivity index (χ3n) is 13.1. The van der Waals surface area contributed by atoms with E-state index in [0.29, 0.717) is 40.7 Å². The van der Waals surface area contributed by atoms with Crippen LogP contribution in [0.25, 0.3) is 0 Å². The maximum absolute atomic E-state index is 7.19. The van der Waals surface area contributed by atoms with Crippen molar-refractivity contribution in [3.05, 3.63) is 0 Å². The number of rotatable bonds is 2. The minimum absolute atomic E-state index is 0.379. The molecule has 4 heteroatoms. The van der Waals surface area contributed by atoms with E-state index in [9.17, 15) is 0 Å². The van der Waals surface area contributed by atoms with Crippen molar-refractivity contribution >= 4 is 0 Å². The lowest BCUT2D eigenvalue weighted by atomic mass is 9.44. The van der Waals surface area contributed by atoms with Gasteiger partial charge in [0.05, 0.1) is 12.1 Å². The number of likely N-dealkylation sites (N-methyl/N-ethyl adjacent to an activating group) is 1. The molecule has 4 aliphatic carbocycles. The van der Waals surface area contributed by atoms with Gasteiger partial charge in [-0.05, 0) is 118 Å². The first-order valence-electron chi connectivity index (χ1n) is 14.8. The van der Waals surface area contributed by atoms with Crippen molar-refractivity contribution in [2.75, 3.05) is 27.7 Å². The van der Waals surface area contributed by atoms with Crippen LogP contribution >= 0.6 is 0 Å². The van der Waals surface area contributed by atoms with E-state index < -0.39 is 5.79 Å². The third-order valence-corrected chi connectivity index (χ3v) is 13.1. The molecular formula is C30H52N2O2. The highest BCUT2D eigenvalue weighted by molar-refractivity contribution is 5.16. The van der Waals surface area contributed by atoms with Crippen molar-refractivity contribution in [3.63, 3.8) is 0 Å². The summed E-state index contributed by atoms with van der Waals surface area (Å²) in [7, 11) is 6.41. The number of nitrogens with one attached hydrogen (secondary N) is 1. The maximum Gasteiger partial charge on any atom is 0.184 e. The third kappa shape index (κ3) is 3.16. The Morgan fingerprint density at radius 2 is 1.74 bits per heavy atom. The number of methoxy groups -OCH3 is 1. The lowest BCUT2D eigenvalue weighted by Crippen LogP contribution is -2.69. The van der Waals surface area contributed by atoms with Gasteiger partial charge in [0, 0.05) is 26.1 Å². The molecule has 6 fully saturated rings. The molecule has 0 amide bonds. The predicted molar refractivity (Wildman–Crippen MR) is 137 cm³/mol. The summed E-state index contributed by atoms with van der Waals surface area (Å²) in [5, 5.41) is 3.62. The molecule has 2 heterocycles. The fourth-order valence-corrected chi connectivity index (χ4v) is 11.8. The second kappa shape index (κ2) is 8.17. The first-order valence-corrected chi connectivity index (χ1v) is 14.8. The predicted octanol–water partition coefficient (Wildman–Crippen LogP) is 5.56. The normalized spacial score (nSPS) is 59.4. The number of nitrogens with zero attached hydrogens (tertiary/aromatic N) is 1. The van der Waals surface area contributed by atoms with Gasteiger partial charge in [0.1, 0.15) is 0 Å². The van der Waals surface area contributed by atoms with E-state index in [4.69, 9.17) is 9.47 Å². The summed E-state index contributed by atoms with van der Waals surface area (Å²) < 4.78 is 13.5. The van der Waals surface area contributed by atoms with Gasteiger partial charge in [-0.2, -0.15) is 0 Å². The van der Waals surface area contributed by atoms with Crippen molar-refractivity contribution in [2.45, 2.75) is 109 Å². The molecule has 2 saturated heterocycles. The molecule has 2 aliphatic heterocycles. The van der Waals surface area contributed by atoms with Crippen LogP contribution < -0.4 is 5.32 Å². The van der Waals surface area contributed by atoms with Gasteiger partial charge < -0.3 is 14.8 Å². The van der Waals surface area contributed by atoms with Crippen LogP contribution in [-0.2, 0) is 9.47 Å². The highest BCUT2D eigenvalue weighted by Gasteiger charge is 2.68. The first-order chi connectivity index (χ1) is 16.2. The number of piperidine rings is 1. The van der Waals surface area contributed by atoms with Crippen molar-refractivity contribution < 1.29 is 9.47 Å². The van der Waals surface area contributed by atoms with Crippen LogP contribution in [0.1, 0.15) is 85.5 Å². The van der Waals surface area contributed by atoms with Gasteiger partial charge >= 0.3 is 0 Å². The van der Waals surface area contributed by atoms with Gasteiger partial charge in [0.2, 0.25) is 0 Å². The monoisotopic (exact) mass is 472 g/mol. The Labute approximate surface area is 209 Å². The number of hydrogen-bond donors (Lipinski definition) is 1. The summed E-state index contributed by atoms with van der Waals surface area (Å²) in [5.41, 5.74) is 0.996. The molecule has 0 spiro atoms. The van der Waals surface area contributed by atoms with Crippen molar-refractivity contribution in [2.24, 2.45) is 52.3 Å². The quantitative estimate of drug-likeness (QED) is 0.570. The molecule has 0 aromatic carbocycles. The van der Waals surface area contributed by atoms with Gasteiger partial charge in [0.15, 0.2) is 5.79 Å². The summed E-state index contributed by atoms with van der Waals surface area (Å²) in [6.07, 6.45) is 12.7. The van der Waals surface area contributed by atoms with Crippen LogP contribution in [0.15, 0.2) is 0 Å². The Hall–Kier alpha value is -0.160. The van der Waals surface area contributed by atoms with Gasteiger partial charge in [-0.1, -0.05) is 27.7 Å². The van der Waals surface area contributed by atoms with E-state index in [0.717, 1.165) is 36.1 Å². The highest BCUT2D eigenvalue weighted by atomic mass is 16.7. The van der Waals surface area contributed by atoms with E-state index in [1.54, 1.807) is 0 Å². The van der Waals surface area contributed by atoms with Crippen LogP contribution in [0, 0.1) is 52.3 Å². The summed E-state index contributed by atoms with van der Waals surface area (Å²) in [4.78, 5) is 2.59. The van der Waals surface area contributed by atoms with E-state index in [1.165, 1.54) is 57.9 Å². The fourth-order valence-electron chi connectivity index (χ4n) is 11.8. The van der Waals surface area contributed by atoms with Gasteiger partial charge in [-0.25, -0.2) is 0 Å². The van der Waals surface area contributed by atoms with Crippen molar-refractivity contribution in [1.82, 2.24) is 10.2 Å². The Kier molecular flexibility index (Phi) is 5.81. The molecule has 6 aliphatic rings. The second-order valence-electron chi connectivity index (χ2n) is 14.4. The second-order valence-corrected chi connectivity index (χ2v) is 14.4. The SMILES string of the molecule is CNC1CCC2(C)C(CCC3C2CCC2(C)C3CC3OC4(OC)CC(C)CN(C)C4C(C)C32)C1. The Morgan fingerprint density at radius 3 is 2.47 bits per heavy atom. The summed E-state index contributed by atoms with van der Waals surface area (Å²) in [6.45, 7) is 11.5. The van der Waals surface area contributed by atoms with Gasteiger partial charge in [-0.15, -0.1) is 0 Å². The molecule has 1 N–H and O–H groups in total. The number of ether oxygens (including phenoxy) is 2. The molecule has 13 atom stereocenters. The highest BCUT2D eigenvalue weighted by Crippen LogP contribution is 2.70. The molecule has 0 aromatic heterocycles. The van der Waals surface area contributed by atoms with E-state index in [1.807, 2.05) is 7.11 Å². The Balaban J connectivity index is 1.30. The molecule has 0 radical (unpaired) electrons. The average molecular weight is 473 g/mol. The molecule has 194 valence electrons. The molecular weight excluding hydrogens is 420 g/mol. The van der Waals surface area contributed by atoms with E-state index in [-0.39, 0.29) is 0 Å². The smallest absolute Gasteiger partial charge is 0.184 e. The molecule has 4 saturated carbocycles. The van der Waals surface area contributed by atoms with E-state index >= 15 is 0 Å². The topological polar surface area (TPSA) is 33.7 Å². The molecule has 4 nitrogen and oxygen atoms in total. The summed E-state index contributed by atoms with van der Waals surface area (Å²) >= 11 is 0. The van der Waals surface area contributed by atoms with Crippen LogP contribution in [0.3, 0.4) is 0 Å². The van der Waals surface area contributed by atoms with Crippen LogP contribution in [-0.4, -0.2) is 56.6 Å². The summed E-state index contributed by atoms with van der Waals surface area (Å²) in [5.74, 6) is 5.11. The van der Waals surface area contributed by atoms with Gasteiger partial charge in [-0.3, -0.25) is 4.90 Å². The number of likely N-dealkylation sites (tertiary alicyclic amines) is 1. The Bertz CT molecular complexity index is 790. The standard InChI is InChI=1S/C30H52N2O2/c1-18-16-30(33-7)27(32(6)17-18)19(2)26-25(34-30)15-24-22-9-8-20-14-21(31-5)10-12-28(20,3)23(22)11-13-29(24,26)4/h18-27,31H,8-17H2,1-7H3. The number of fused-ring (bicyclic) bond motifs is 8. The van der Waals surface area contributed by atoms with Gasteiger partial charge in [0.25, 0.3) is 0 Å². The van der Waals surface area contributed by atoms with Crippen molar-refractivity contribution in [1.29, 1.82) is 0 Å². The summed E-state index contributed by atoms with van der Waals surface area (Å²) in [6, 6.07) is 1.13. The molecule has 6 rings (SSSR count). The van der Waals surface area contributed by atoms with Crippen LogP contribution in [0.2, 0.25) is 0 Å². The minimum atomic E-state index is -0.411. The van der Waals surface area contributed by atoms with Crippen molar-refractivity contribution in [3.8, 4) is 0 Å². The van der Waals surface area contributed by atoms with E-state index in [2.05, 4.69) is 52.0 Å². The largest absolute Gasteiger partial charge is 0.352 e. The number of hydrogen-bond acceptors (Lipinski definition) is 4. The first kappa shape index (κ1) is 24.2. The molecule has 13 unspecified atom stereocenters. The zero-order valence-corrected chi connectivity index (χ0v) is 23.1. The fraction of sp³-hybridized carbons (Fsp3) is 1.00. The van der Waals surface area contributed by atoms with Crippen LogP contribution in [0.5, 0.6) is 0 Å². The van der Waals surface area contributed by atoms with Crippen LogP contribution in [0.4, 0.5) is 0 Å². The minimum Gasteiger partial charge on any atom is -0.352 e. The average Bonchev–Trinajstić information content (AvgIpc) is 3.10. The zero-order valence-electron chi connectivity index (χ0n) is 23.1. The lowest BCUT2D eigenvalue weighted by Gasteiger charge is -2.62. The Morgan fingerprint density at radius 1 is 0.971 bits per heavy atom. The lowest BCUT2D eigenvalue weighted by molar-refractivity contribution is -0.340. The zero-order chi connectivity index (χ0) is 24.0. The maximum atomic E-state index is 7.19. The molecule has 34 heavy (non-hydrogen) atoms. The molecule has 0 bridgehead atoms. The molecule has 0 aromatic rings.